The minimum absolute atomic E-state index is 0.223. The third kappa shape index (κ3) is 2.63. The Bertz CT molecular complexity index is 371. The lowest BCUT2D eigenvalue weighted by Gasteiger charge is -2.23. The highest BCUT2D eigenvalue weighted by molar-refractivity contribution is 5.35. The van der Waals surface area contributed by atoms with E-state index in [0.717, 1.165) is 0 Å². The maximum Gasteiger partial charge on any atom is 0.0752 e. The fourth-order valence-corrected chi connectivity index (χ4v) is 2.05. The first-order valence-electron chi connectivity index (χ1n) is 6.05. The molecule has 2 N–H and O–H groups in total. The third-order valence-electron chi connectivity index (χ3n) is 3.28. The molecule has 0 heterocycles. The number of hydrogen-bond donors (Lipinski definition) is 1. The van der Waals surface area contributed by atoms with Gasteiger partial charge in [0.15, 0.2) is 0 Å². The fourth-order valence-electron chi connectivity index (χ4n) is 2.05. The summed E-state index contributed by atoms with van der Waals surface area (Å²) in [5.41, 5.74) is 9.70. The molecule has 2 nitrogen and oxygen atoms in total. The van der Waals surface area contributed by atoms with E-state index in [1.54, 1.807) is 0 Å². The van der Waals surface area contributed by atoms with Crippen molar-refractivity contribution in [1.29, 1.82) is 0 Å². The SMILES string of the molecule is CC(C)(CN)OCc1ccc2c(c1)CCC2. The highest BCUT2D eigenvalue weighted by atomic mass is 16.5. The number of hydrogen-bond acceptors (Lipinski definition) is 2. The summed E-state index contributed by atoms with van der Waals surface area (Å²) >= 11 is 0. The minimum atomic E-state index is -0.223. The van der Waals surface area contributed by atoms with Crippen molar-refractivity contribution in [3.05, 3.63) is 34.9 Å². The van der Waals surface area contributed by atoms with Gasteiger partial charge in [-0.05, 0) is 49.8 Å². The first-order chi connectivity index (χ1) is 7.61. The molecule has 2 heteroatoms. The molecule has 0 amide bonds. The van der Waals surface area contributed by atoms with E-state index in [0.29, 0.717) is 13.2 Å². The summed E-state index contributed by atoms with van der Waals surface area (Å²) in [7, 11) is 0. The predicted molar refractivity (Wildman–Crippen MR) is 66.4 cm³/mol. The summed E-state index contributed by atoms with van der Waals surface area (Å²) in [5, 5.41) is 0. The molecule has 0 spiro atoms. The normalized spacial score (nSPS) is 15.2. The molecule has 0 radical (unpaired) electrons. The summed E-state index contributed by atoms with van der Waals surface area (Å²) in [6.07, 6.45) is 3.77. The molecule has 0 bridgehead atoms. The van der Waals surface area contributed by atoms with E-state index < -0.39 is 0 Å². The number of aryl methyl sites for hydroxylation is 2. The van der Waals surface area contributed by atoms with Crippen LogP contribution < -0.4 is 5.73 Å². The van der Waals surface area contributed by atoms with Gasteiger partial charge in [0, 0.05) is 6.54 Å². The van der Waals surface area contributed by atoms with E-state index in [2.05, 4.69) is 18.2 Å². The molecule has 0 saturated heterocycles. The maximum atomic E-state index is 5.80. The molecule has 0 unspecified atom stereocenters. The number of rotatable bonds is 4. The van der Waals surface area contributed by atoms with Crippen molar-refractivity contribution in [1.82, 2.24) is 0 Å². The Kier molecular flexibility index (Phi) is 3.31. The maximum absolute atomic E-state index is 5.80. The monoisotopic (exact) mass is 219 g/mol. The average molecular weight is 219 g/mol. The second-order valence-corrected chi connectivity index (χ2v) is 5.21. The molecule has 88 valence electrons. The molecule has 1 aromatic rings. The van der Waals surface area contributed by atoms with Crippen LogP contribution in [0.3, 0.4) is 0 Å². The van der Waals surface area contributed by atoms with Gasteiger partial charge in [-0.1, -0.05) is 18.2 Å². The predicted octanol–water partition coefficient (Wildman–Crippen LogP) is 2.43. The fraction of sp³-hybridized carbons (Fsp3) is 0.571. The molecule has 0 aliphatic heterocycles. The van der Waals surface area contributed by atoms with Crippen molar-refractivity contribution in [3.8, 4) is 0 Å². The van der Waals surface area contributed by atoms with Crippen molar-refractivity contribution in [2.75, 3.05) is 6.54 Å². The highest BCUT2D eigenvalue weighted by Crippen LogP contribution is 2.23. The van der Waals surface area contributed by atoms with Crippen LogP contribution in [0.2, 0.25) is 0 Å². The Balaban J connectivity index is 2.00. The Morgan fingerprint density at radius 2 is 2.00 bits per heavy atom. The van der Waals surface area contributed by atoms with Crippen molar-refractivity contribution in [2.45, 2.75) is 45.3 Å². The zero-order chi connectivity index (χ0) is 11.6. The van der Waals surface area contributed by atoms with Gasteiger partial charge >= 0.3 is 0 Å². The Labute approximate surface area is 97.8 Å². The van der Waals surface area contributed by atoms with Gasteiger partial charge < -0.3 is 10.5 Å². The van der Waals surface area contributed by atoms with Crippen LogP contribution in [0.4, 0.5) is 0 Å². The van der Waals surface area contributed by atoms with Gasteiger partial charge in [-0.3, -0.25) is 0 Å². The number of benzene rings is 1. The molecule has 0 atom stereocenters. The lowest BCUT2D eigenvalue weighted by molar-refractivity contribution is -0.0222. The van der Waals surface area contributed by atoms with E-state index >= 15 is 0 Å². The summed E-state index contributed by atoms with van der Waals surface area (Å²) in [4.78, 5) is 0. The molecule has 1 aliphatic carbocycles. The molecule has 1 aromatic carbocycles. The van der Waals surface area contributed by atoms with Crippen molar-refractivity contribution < 1.29 is 4.74 Å². The van der Waals surface area contributed by atoms with Gasteiger partial charge in [0.2, 0.25) is 0 Å². The van der Waals surface area contributed by atoms with Gasteiger partial charge in [0.05, 0.1) is 12.2 Å². The molecular weight excluding hydrogens is 198 g/mol. The van der Waals surface area contributed by atoms with Gasteiger partial charge in [-0.25, -0.2) is 0 Å². The standard InChI is InChI=1S/C14H21NO/c1-14(2,10-15)16-9-11-6-7-12-4-3-5-13(12)8-11/h6-8H,3-5,9-10,15H2,1-2H3. The van der Waals surface area contributed by atoms with Crippen LogP contribution >= 0.6 is 0 Å². The molecule has 2 rings (SSSR count). The van der Waals surface area contributed by atoms with Crippen molar-refractivity contribution in [3.63, 3.8) is 0 Å². The lowest BCUT2D eigenvalue weighted by atomic mass is 10.1. The van der Waals surface area contributed by atoms with Crippen molar-refractivity contribution >= 4 is 0 Å². The van der Waals surface area contributed by atoms with Gasteiger partial charge in [-0.2, -0.15) is 0 Å². The van der Waals surface area contributed by atoms with Crippen LogP contribution in [-0.4, -0.2) is 12.1 Å². The molecule has 1 aliphatic rings. The molecule has 0 fully saturated rings. The second kappa shape index (κ2) is 4.56. The van der Waals surface area contributed by atoms with E-state index in [-0.39, 0.29) is 5.60 Å². The van der Waals surface area contributed by atoms with Crippen LogP contribution in [0, 0.1) is 0 Å². The van der Waals surface area contributed by atoms with Crippen molar-refractivity contribution in [2.24, 2.45) is 5.73 Å². The number of fused-ring (bicyclic) bond motifs is 1. The van der Waals surface area contributed by atoms with Gasteiger partial charge in [-0.15, -0.1) is 0 Å². The minimum Gasteiger partial charge on any atom is -0.370 e. The Morgan fingerprint density at radius 1 is 1.25 bits per heavy atom. The van der Waals surface area contributed by atoms with E-state index in [9.17, 15) is 0 Å². The molecule has 16 heavy (non-hydrogen) atoms. The van der Waals surface area contributed by atoms with Crippen LogP contribution in [0.5, 0.6) is 0 Å². The largest absolute Gasteiger partial charge is 0.370 e. The molecular formula is C14H21NO. The summed E-state index contributed by atoms with van der Waals surface area (Å²) in [5.74, 6) is 0. The molecule has 0 aromatic heterocycles. The lowest BCUT2D eigenvalue weighted by Crippen LogP contribution is -2.33. The first kappa shape index (κ1) is 11.6. The van der Waals surface area contributed by atoms with Crippen LogP contribution in [-0.2, 0) is 24.2 Å². The first-order valence-corrected chi connectivity index (χ1v) is 6.05. The van der Waals surface area contributed by atoms with E-state index in [1.165, 1.54) is 36.0 Å². The number of ether oxygens (including phenoxy) is 1. The quantitative estimate of drug-likeness (QED) is 0.844. The number of nitrogens with two attached hydrogens (primary N) is 1. The van der Waals surface area contributed by atoms with Crippen LogP contribution in [0.1, 0.15) is 37.0 Å². The summed E-state index contributed by atoms with van der Waals surface area (Å²) < 4.78 is 5.80. The Hall–Kier alpha value is -0.860. The van der Waals surface area contributed by atoms with E-state index in [1.807, 2.05) is 13.8 Å². The smallest absolute Gasteiger partial charge is 0.0752 e. The third-order valence-corrected chi connectivity index (χ3v) is 3.28. The van der Waals surface area contributed by atoms with Gasteiger partial charge in [0.1, 0.15) is 0 Å². The van der Waals surface area contributed by atoms with Gasteiger partial charge in [0.25, 0.3) is 0 Å². The Morgan fingerprint density at radius 3 is 2.75 bits per heavy atom. The summed E-state index contributed by atoms with van der Waals surface area (Å²) in [6, 6.07) is 6.71. The molecule has 0 saturated carbocycles. The highest BCUT2D eigenvalue weighted by Gasteiger charge is 2.16. The second-order valence-electron chi connectivity index (χ2n) is 5.21. The van der Waals surface area contributed by atoms with Crippen LogP contribution in [0.25, 0.3) is 0 Å². The average Bonchev–Trinajstić information content (AvgIpc) is 2.73. The zero-order valence-corrected chi connectivity index (χ0v) is 10.3. The van der Waals surface area contributed by atoms with Crippen LogP contribution in [0.15, 0.2) is 18.2 Å². The zero-order valence-electron chi connectivity index (χ0n) is 10.3. The topological polar surface area (TPSA) is 35.2 Å². The van der Waals surface area contributed by atoms with E-state index in [4.69, 9.17) is 10.5 Å². The summed E-state index contributed by atoms with van der Waals surface area (Å²) in [6.45, 7) is 5.27.